The van der Waals surface area contributed by atoms with Gasteiger partial charge >= 0.3 is 0 Å². The quantitative estimate of drug-likeness (QED) is 0.774. The lowest BCUT2D eigenvalue weighted by Crippen LogP contribution is -2.13. The van der Waals surface area contributed by atoms with E-state index in [1.54, 1.807) is 17.9 Å². The van der Waals surface area contributed by atoms with Gasteiger partial charge in [-0.15, -0.1) is 0 Å². The molecule has 0 saturated heterocycles. The first kappa shape index (κ1) is 12.1. The molecule has 92 valence electrons. The molecule has 0 N–H and O–H groups in total. The van der Waals surface area contributed by atoms with Crippen molar-refractivity contribution in [3.8, 4) is 11.4 Å². The van der Waals surface area contributed by atoms with Crippen LogP contribution in [0.15, 0.2) is 41.3 Å². The van der Waals surface area contributed by atoms with Crippen molar-refractivity contribution in [2.24, 2.45) is 0 Å². The number of nitrogens with zero attached hydrogens (tertiary/aromatic N) is 1. The van der Waals surface area contributed by atoms with Gasteiger partial charge in [0.05, 0.1) is 12.7 Å². The maximum absolute atomic E-state index is 11.5. The maximum Gasteiger partial charge on any atom is 0.192 e. The summed E-state index contributed by atoms with van der Waals surface area (Å²) in [6.07, 6.45) is 2.11. The van der Waals surface area contributed by atoms with Crippen molar-refractivity contribution in [2.75, 3.05) is 7.11 Å². The number of methoxy groups -OCH3 is 1. The highest BCUT2D eigenvalue weighted by Gasteiger charge is 2.05. The Bertz CT molecular complexity index is 644. The molecular formula is C14H13NO3. The van der Waals surface area contributed by atoms with Gasteiger partial charge in [-0.25, -0.2) is 0 Å². The lowest BCUT2D eigenvalue weighted by atomic mass is 10.2. The minimum Gasteiger partial charge on any atom is -0.497 e. The van der Waals surface area contributed by atoms with Crippen LogP contribution in [0.3, 0.4) is 0 Å². The van der Waals surface area contributed by atoms with Crippen molar-refractivity contribution in [3.63, 3.8) is 0 Å². The van der Waals surface area contributed by atoms with Crippen LogP contribution in [0.25, 0.3) is 5.69 Å². The number of carbonyl (C=O) groups is 1. The summed E-state index contributed by atoms with van der Waals surface area (Å²) in [7, 11) is 1.59. The smallest absolute Gasteiger partial charge is 0.192 e. The fourth-order valence-corrected chi connectivity index (χ4v) is 1.77. The Morgan fingerprint density at radius 1 is 1.28 bits per heavy atom. The number of ether oxygens (including phenoxy) is 1. The predicted octanol–water partition coefficient (Wildman–Crippen LogP) is 1.97. The van der Waals surface area contributed by atoms with E-state index in [1.807, 2.05) is 31.2 Å². The number of rotatable bonds is 3. The number of hydrogen-bond acceptors (Lipinski definition) is 3. The monoisotopic (exact) mass is 243 g/mol. The highest BCUT2D eigenvalue weighted by atomic mass is 16.5. The van der Waals surface area contributed by atoms with Crippen LogP contribution in [0.5, 0.6) is 5.75 Å². The van der Waals surface area contributed by atoms with Crippen molar-refractivity contribution in [1.82, 2.24) is 4.57 Å². The number of aldehydes is 1. The van der Waals surface area contributed by atoms with E-state index in [9.17, 15) is 9.59 Å². The van der Waals surface area contributed by atoms with Gasteiger partial charge in [0.25, 0.3) is 0 Å². The van der Waals surface area contributed by atoms with Crippen LogP contribution >= 0.6 is 0 Å². The Balaban J connectivity index is 2.62. The van der Waals surface area contributed by atoms with E-state index in [2.05, 4.69) is 0 Å². The van der Waals surface area contributed by atoms with Crippen LogP contribution in [0.2, 0.25) is 0 Å². The van der Waals surface area contributed by atoms with Crippen molar-refractivity contribution in [1.29, 1.82) is 0 Å². The summed E-state index contributed by atoms with van der Waals surface area (Å²) in [5.41, 5.74) is 1.49. The van der Waals surface area contributed by atoms with Crippen molar-refractivity contribution in [2.45, 2.75) is 6.92 Å². The lowest BCUT2D eigenvalue weighted by molar-refractivity contribution is 0.112. The maximum atomic E-state index is 11.5. The van der Waals surface area contributed by atoms with Gasteiger partial charge < -0.3 is 9.30 Å². The van der Waals surface area contributed by atoms with Gasteiger partial charge in [0.2, 0.25) is 0 Å². The minimum absolute atomic E-state index is 0.142. The molecule has 0 amide bonds. The fourth-order valence-electron chi connectivity index (χ4n) is 1.77. The summed E-state index contributed by atoms with van der Waals surface area (Å²) < 4.78 is 6.94. The molecule has 0 fully saturated rings. The molecule has 0 spiro atoms. The van der Waals surface area contributed by atoms with Crippen molar-refractivity contribution >= 4 is 6.29 Å². The molecule has 0 unspecified atom stereocenters. The third kappa shape index (κ3) is 2.18. The fraction of sp³-hybridized carbons (Fsp3) is 0.143. The first-order valence-electron chi connectivity index (χ1n) is 5.48. The number of carbonyl (C=O) groups excluding carboxylic acids is 1. The number of aryl methyl sites for hydroxylation is 1. The molecule has 0 radical (unpaired) electrons. The third-order valence-corrected chi connectivity index (χ3v) is 2.73. The zero-order valence-electron chi connectivity index (χ0n) is 10.2. The van der Waals surface area contributed by atoms with Crippen LogP contribution in [-0.4, -0.2) is 18.0 Å². The molecule has 0 aliphatic heterocycles. The SMILES string of the molecule is COc1cccc(-n2cc(C=O)c(=O)cc2C)c1. The number of pyridine rings is 1. The molecule has 4 nitrogen and oxygen atoms in total. The molecule has 2 aromatic rings. The molecule has 2 rings (SSSR count). The van der Waals surface area contributed by atoms with Crippen LogP contribution in [0, 0.1) is 6.92 Å². The Kier molecular flexibility index (Phi) is 3.28. The summed E-state index contributed by atoms with van der Waals surface area (Å²) in [6, 6.07) is 8.86. The summed E-state index contributed by atoms with van der Waals surface area (Å²) >= 11 is 0. The zero-order valence-corrected chi connectivity index (χ0v) is 10.2. The number of aromatic nitrogens is 1. The van der Waals surface area contributed by atoms with Crippen molar-refractivity contribution in [3.05, 3.63) is 58.0 Å². The Morgan fingerprint density at radius 3 is 2.72 bits per heavy atom. The van der Waals surface area contributed by atoms with E-state index in [4.69, 9.17) is 4.74 Å². The molecule has 1 aromatic carbocycles. The van der Waals surface area contributed by atoms with Gasteiger partial charge in [0, 0.05) is 29.7 Å². The Hall–Kier alpha value is -2.36. The van der Waals surface area contributed by atoms with E-state index in [0.29, 0.717) is 6.29 Å². The van der Waals surface area contributed by atoms with Gasteiger partial charge in [-0.2, -0.15) is 0 Å². The van der Waals surface area contributed by atoms with Crippen LogP contribution in [0.4, 0.5) is 0 Å². The zero-order chi connectivity index (χ0) is 13.1. The van der Waals surface area contributed by atoms with Crippen LogP contribution in [0.1, 0.15) is 16.1 Å². The normalized spacial score (nSPS) is 10.1. The molecule has 0 bridgehead atoms. The molecule has 1 aromatic heterocycles. The third-order valence-electron chi connectivity index (χ3n) is 2.73. The van der Waals surface area contributed by atoms with E-state index in [0.717, 1.165) is 17.1 Å². The second-order valence-electron chi connectivity index (χ2n) is 3.92. The first-order valence-corrected chi connectivity index (χ1v) is 5.48. The summed E-state index contributed by atoms with van der Waals surface area (Å²) in [5.74, 6) is 0.721. The molecule has 0 aliphatic rings. The van der Waals surface area contributed by atoms with Crippen LogP contribution in [-0.2, 0) is 0 Å². The van der Waals surface area contributed by atoms with E-state index in [-0.39, 0.29) is 11.0 Å². The minimum atomic E-state index is -0.262. The average molecular weight is 243 g/mol. The predicted molar refractivity (Wildman–Crippen MR) is 68.7 cm³/mol. The van der Waals surface area contributed by atoms with Gasteiger partial charge in [-0.05, 0) is 19.1 Å². The second-order valence-corrected chi connectivity index (χ2v) is 3.92. The van der Waals surface area contributed by atoms with Crippen molar-refractivity contribution < 1.29 is 9.53 Å². The largest absolute Gasteiger partial charge is 0.497 e. The standard InChI is InChI=1S/C14H13NO3/c1-10-6-14(17)11(9-16)8-15(10)12-4-3-5-13(7-12)18-2/h3-9H,1-2H3. The molecule has 1 heterocycles. The van der Waals surface area contributed by atoms with Gasteiger partial charge in [0.15, 0.2) is 11.7 Å². The lowest BCUT2D eigenvalue weighted by Gasteiger charge is -2.12. The van der Waals surface area contributed by atoms with E-state index < -0.39 is 0 Å². The molecule has 0 atom stereocenters. The topological polar surface area (TPSA) is 48.3 Å². The molecule has 0 saturated carbocycles. The van der Waals surface area contributed by atoms with E-state index in [1.165, 1.54) is 6.07 Å². The molecular weight excluding hydrogens is 230 g/mol. The van der Waals surface area contributed by atoms with Gasteiger partial charge in [0.1, 0.15) is 5.75 Å². The summed E-state index contributed by atoms with van der Waals surface area (Å²) in [5, 5.41) is 0. The van der Waals surface area contributed by atoms with Gasteiger partial charge in [-0.1, -0.05) is 6.07 Å². The number of hydrogen-bond donors (Lipinski definition) is 0. The molecule has 0 aliphatic carbocycles. The van der Waals surface area contributed by atoms with Crippen LogP contribution < -0.4 is 10.2 Å². The number of benzene rings is 1. The summed E-state index contributed by atoms with van der Waals surface area (Å²) in [4.78, 5) is 22.3. The average Bonchev–Trinajstić information content (AvgIpc) is 2.39. The molecule has 4 heteroatoms. The highest BCUT2D eigenvalue weighted by molar-refractivity contribution is 5.74. The van der Waals surface area contributed by atoms with Gasteiger partial charge in [-0.3, -0.25) is 9.59 Å². The highest BCUT2D eigenvalue weighted by Crippen LogP contribution is 2.17. The first-order chi connectivity index (χ1) is 8.65. The summed E-state index contributed by atoms with van der Waals surface area (Å²) in [6.45, 7) is 1.81. The molecule has 18 heavy (non-hydrogen) atoms. The Morgan fingerprint density at radius 2 is 2.06 bits per heavy atom. The Labute approximate surface area is 104 Å². The second kappa shape index (κ2) is 4.87. The van der Waals surface area contributed by atoms with E-state index >= 15 is 0 Å².